The van der Waals surface area contributed by atoms with Crippen molar-refractivity contribution in [3.8, 4) is 0 Å². The molecule has 1 aliphatic rings. The molecule has 1 fully saturated rings. The van der Waals surface area contributed by atoms with E-state index in [4.69, 9.17) is 4.74 Å². The van der Waals surface area contributed by atoms with Gasteiger partial charge >= 0.3 is 5.97 Å². The van der Waals surface area contributed by atoms with Crippen LogP contribution in [0, 0.1) is 17.0 Å². The Bertz CT molecular complexity index is 755. The molecular weight excluding hydrogens is 354 g/mol. The monoisotopic (exact) mass is 377 g/mol. The maximum Gasteiger partial charge on any atom is 0.332 e. The number of nitro benzene ring substituents is 1. The molecule has 2 N–H and O–H groups in total. The van der Waals surface area contributed by atoms with Gasteiger partial charge in [0.05, 0.1) is 4.92 Å². The van der Waals surface area contributed by atoms with Gasteiger partial charge in [0, 0.05) is 24.2 Å². The van der Waals surface area contributed by atoms with Crippen LogP contribution < -0.4 is 10.6 Å². The molecule has 27 heavy (non-hydrogen) atoms. The summed E-state index contributed by atoms with van der Waals surface area (Å²) in [6.45, 7) is 2.39. The first-order valence-corrected chi connectivity index (χ1v) is 8.74. The van der Waals surface area contributed by atoms with Crippen LogP contribution in [0.25, 0.3) is 0 Å². The molecular formula is C18H23N3O6. The van der Waals surface area contributed by atoms with Crippen molar-refractivity contribution in [1.82, 2.24) is 5.32 Å². The number of hydrogen-bond donors (Lipinski definition) is 2. The predicted molar refractivity (Wildman–Crippen MR) is 97.1 cm³/mol. The summed E-state index contributed by atoms with van der Waals surface area (Å²) in [5.74, 6) is -1.58. The van der Waals surface area contributed by atoms with Crippen LogP contribution in [-0.4, -0.2) is 34.9 Å². The van der Waals surface area contributed by atoms with Crippen LogP contribution in [0.15, 0.2) is 18.2 Å². The minimum Gasteiger partial charge on any atom is -0.454 e. The number of carbonyl (C=O) groups excluding carboxylic acids is 3. The number of carbonyl (C=O) groups is 3. The first-order valence-electron chi connectivity index (χ1n) is 8.74. The number of esters is 1. The normalized spacial score (nSPS) is 15.5. The minimum atomic E-state index is -1.09. The molecule has 146 valence electrons. The van der Waals surface area contributed by atoms with Gasteiger partial charge < -0.3 is 15.4 Å². The summed E-state index contributed by atoms with van der Waals surface area (Å²) >= 11 is 0. The molecule has 9 heteroatoms. The summed E-state index contributed by atoms with van der Waals surface area (Å²) in [6.07, 6.45) is 3.49. The number of nitro groups is 1. The highest BCUT2D eigenvalue weighted by Crippen LogP contribution is 2.29. The van der Waals surface area contributed by atoms with E-state index in [1.54, 1.807) is 6.92 Å². The van der Waals surface area contributed by atoms with Gasteiger partial charge in [-0.25, -0.2) is 4.79 Å². The molecule has 0 heterocycles. The van der Waals surface area contributed by atoms with Gasteiger partial charge in [-0.2, -0.15) is 0 Å². The molecule has 0 radical (unpaired) electrons. The largest absolute Gasteiger partial charge is 0.454 e. The number of hydrogen-bond acceptors (Lipinski definition) is 6. The maximum atomic E-state index is 12.5. The molecule has 2 amide bonds. The Morgan fingerprint density at radius 3 is 2.48 bits per heavy atom. The van der Waals surface area contributed by atoms with Gasteiger partial charge in [0.1, 0.15) is 5.54 Å². The highest BCUT2D eigenvalue weighted by Gasteiger charge is 2.42. The van der Waals surface area contributed by atoms with Crippen molar-refractivity contribution in [2.45, 2.75) is 51.5 Å². The lowest BCUT2D eigenvalue weighted by Crippen LogP contribution is -2.56. The van der Waals surface area contributed by atoms with Crippen LogP contribution in [0.2, 0.25) is 0 Å². The third kappa shape index (κ3) is 5.25. The zero-order chi connectivity index (χ0) is 20.0. The van der Waals surface area contributed by atoms with Crippen LogP contribution in [0.4, 0.5) is 11.4 Å². The first kappa shape index (κ1) is 20.3. The Morgan fingerprint density at radius 1 is 1.22 bits per heavy atom. The lowest BCUT2D eigenvalue weighted by Gasteiger charge is -2.35. The lowest BCUT2D eigenvalue weighted by atomic mass is 9.81. The molecule has 0 bridgehead atoms. The smallest absolute Gasteiger partial charge is 0.332 e. The summed E-state index contributed by atoms with van der Waals surface area (Å²) < 4.78 is 5.12. The standard InChI is InChI=1S/C18H23N3O6/c1-12-6-7-14(10-15(12)21(25)26)19-16(23)11-27-17(24)18(20-13(2)22)8-4-3-5-9-18/h6-7,10H,3-5,8-9,11H2,1-2H3,(H,19,23)(H,20,22). The van der Waals surface area contributed by atoms with Crippen LogP contribution in [0.5, 0.6) is 0 Å². The summed E-state index contributed by atoms with van der Waals surface area (Å²) in [7, 11) is 0. The summed E-state index contributed by atoms with van der Waals surface area (Å²) in [6, 6.07) is 4.30. The SMILES string of the molecule is CC(=O)NC1(C(=O)OCC(=O)Nc2ccc(C)c([N+](=O)[O-])c2)CCCCC1. The fourth-order valence-electron chi connectivity index (χ4n) is 3.22. The second-order valence-electron chi connectivity index (χ2n) is 6.71. The molecule has 0 atom stereocenters. The molecule has 1 aromatic rings. The van der Waals surface area contributed by atoms with E-state index in [-0.39, 0.29) is 17.3 Å². The average molecular weight is 377 g/mol. The van der Waals surface area contributed by atoms with Gasteiger partial charge in [-0.15, -0.1) is 0 Å². The summed E-state index contributed by atoms with van der Waals surface area (Å²) in [5, 5.41) is 16.1. The van der Waals surface area contributed by atoms with E-state index in [0.29, 0.717) is 18.4 Å². The highest BCUT2D eigenvalue weighted by molar-refractivity contribution is 5.94. The van der Waals surface area contributed by atoms with E-state index < -0.39 is 28.9 Å². The Labute approximate surface area is 156 Å². The second kappa shape index (κ2) is 8.61. The molecule has 0 saturated heterocycles. The number of benzene rings is 1. The minimum absolute atomic E-state index is 0.114. The van der Waals surface area contributed by atoms with Crippen LogP contribution in [0.1, 0.15) is 44.6 Å². The number of anilines is 1. The number of nitrogens with zero attached hydrogens (tertiary/aromatic N) is 1. The van der Waals surface area contributed by atoms with E-state index in [1.807, 2.05) is 0 Å². The number of rotatable bonds is 6. The zero-order valence-corrected chi connectivity index (χ0v) is 15.4. The third-order valence-electron chi connectivity index (χ3n) is 4.54. The van der Waals surface area contributed by atoms with Crippen LogP contribution in [-0.2, 0) is 19.1 Å². The molecule has 1 saturated carbocycles. The average Bonchev–Trinajstić information content (AvgIpc) is 2.61. The summed E-state index contributed by atoms with van der Waals surface area (Å²) in [4.78, 5) is 46.4. The molecule has 0 spiro atoms. The van der Waals surface area contributed by atoms with E-state index in [2.05, 4.69) is 10.6 Å². The Balaban J connectivity index is 1.97. The van der Waals surface area contributed by atoms with E-state index in [0.717, 1.165) is 19.3 Å². The Morgan fingerprint density at radius 2 is 1.89 bits per heavy atom. The molecule has 0 unspecified atom stereocenters. The van der Waals surface area contributed by atoms with Crippen molar-refractivity contribution in [3.05, 3.63) is 33.9 Å². The topological polar surface area (TPSA) is 128 Å². The number of amides is 2. The van der Waals surface area contributed by atoms with Gasteiger partial charge in [-0.3, -0.25) is 19.7 Å². The highest BCUT2D eigenvalue weighted by atomic mass is 16.6. The van der Waals surface area contributed by atoms with Crippen molar-refractivity contribution in [2.24, 2.45) is 0 Å². The van der Waals surface area contributed by atoms with Crippen LogP contribution >= 0.6 is 0 Å². The van der Waals surface area contributed by atoms with E-state index >= 15 is 0 Å². The van der Waals surface area contributed by atoms with Crippen molar-refractivity contribution in [3.63, 3.8) is 0 Å². The molecule has 1 aromatic carbocycles. The quantitative estimate of drug-likeness (QED) is 0.444. The number of nitrogens with one attached hydrogen (secondary N) is 2. The Kier molecular flexibility index (Phi) is 6.49. The number of ether oxygens (including phenoxy) is 1. The van der Waals surface area contributed by atoms with E-state index in [9.17, 15) is 24.5 Å². The summed E-state index contributed by atoms with van der Waals surface area (Å²) in [5.41, 5.74) is -0.495. The van der Waals surface area contributed by atoms with Crippen molar-refractivity contribution >= 4 is 29.2 Å². The van der Waals surface area contributed by atoms with Gasteiger partial charge in [-0.1, -0.05) is 25.3 Å². The predicted octanol–water partition coefficient (Wildman–Crippen LogP) is 2.22. The van der Waals surface area contributed by atoms with Gasteiger partial charge in [-0.05, 0) is 25.8 Å². The Hall–Kier alpha value is -2.97. The second-order valence-corrected chi connectivity index (χ2v) is 6.71. The van der Waals surface area contributed by atoms with Crippen molar-refractivity contribution < 1.29 is 24.0 Å². The molecule has 1 aliphatic carbocycles. The number of aryl methyl sites for hydroxylation is 1. The van der Waals surface area contributed by atoms with Gasteiger partial charge in [0.2, 0.25) is 5.91 Å². The van der Waals surface area contributed by atoms with Crippen molar-refractivity contribution in [2.75, 3.05) is 11.9 Å². The maximum absolute atomic E-state index is 12.5. The molecule has 9 nitrogen and oxygen atoms in total. The molecule has 0 aliphatic heterocycles. The van der Waals surface area contributed by atoms with Crippen molar-refractivity contribution in [1.29, 1.82) is 0 Å². The van der Waals surface area contributed by atoms with Crippen LogP contribution in [0.3, 0.4) is 0 Å². The zero-order valence-electron chi connectivity index (χ0n) is 15.4. The van der Waals surface area contributed by atoms with Gasteiger partial charge in [0.15, 0.2) is 6.61 Å². The first-order chi connectivity index (χ1) is 12.7. The lowest BCUT2D eigenvalue weighted by molar-refractivity contribution is -0.385. The fourth-order valence-corrected chi connectivity index (χ4v) is 3.22. The molecule has 2 rings (SSSR count). The third-order valence-corrected chi connectivity index (χ3v) is 4.54. The molecule has 0 aromatic heterocycles. The van der Waals surface area contributed by atoms with E-state index in [1.165, 1.54) is 25.1 Å². The van der Waals surface area contributed by atoms with Gasteiger partial charge in [0.25, 0.3) is 11.6 Å². The fraction of sp³-hybridized carbons (Fsp3) is 0.500.